The molecule has 1 amide bonds. The number of amides is 1. The van der Waals surface area contributed by atoms with E-state index in [4.69, 9.17) is 11.6 Å². The summed E-state index contributed by atoms with van der Waals surface area (Å²) in [5, 5.41) is 6.07. The van der Waals surface area contributed by atoms with Crippen LogP contribution in [0.4, 0.5) is 5.69 Å². The molecule has 0 radical (unpaired) electrons. The molecule has 0 spiro atoms. The third-order valence-electron chi connectivity index (χ3n) is 3.81. The molecule has 0 atom stereocenters. The second-order valence-corrected chi connectivity index (χ2v) is 8.31. The molecule has 1 aromatic carbocycles. The van der Waals surface area contributed by atoms with Gasteiger partial charge in [-0.3, -0.25) is 9.36 Å². The number of anilines is 1. The van der Waals surface area contributed by atoms with Gasteiger partial charge in [-0.1, -0.05) is 17.7 Å². The van der Waals surface area contributed by atoms with Crippen molar-refractivity contribution in [3.05, 3.63) is 62.3 Å². The van der Waals surface area contributed by atoms with Gasteiger partial charge in [-0.25, -0.2) is 9.78 Å². The molecule has 0 aliphatic carbocycles. The predicted molar refractivity (Wildman–Crippen MR) is 110 cm³/mol. The van der Waals surface area contributed by atoms with Crippen LogP contribution in [0, 0.1) is 6.92 Å². The van der Waals surface area contributed by atoms with E-state index in [9.17, 15) is 9.59 Å². The van der Waals surface area contributed by atoms with Gasteiger partial charge in [-0.15, -0.1) is 22.7 Å². The van der Waals surface area contributed by atoms with Crippen molar-refractivity contribution in [2.75, 3.05) is 5.32 Å². The van der Waals surface area contributed by atoms with Crippen molar-refractivity contribution in [3.8, 4) is 10.6 Å². The number of fused-ring (bicyclic) bond motifs is 1. The number of hydrogen-bond donors (Lipinski definition) is 1. The van der Waals surface area contributed by atoms with E-state index in [1.165, 1.54) is 27.2 Å². The average Bonchev–Trinajstić information content (AvgIpc) is 3.29. The van der Waals surface area contributed by atoms with Crippen molar-refractivity contribution in [1.29, 1.82) is 0 Å². The number of hydrogen-bond acceptors (Lipinski definition) is 6. The minimum atomic E-state index is -0.471. The summed E-state index contributed by atoms with van der Waals surface area (Å²) in [4.78, 5) is 35.3. The fourth-order valence-electron chi connectivity index (χ4n) is 2.65. The zero-order valence-corrected chi connectivity index (χ0v) is 16.5. The Morgan fingerprint density at radius 1 is 1.22 bits per heavy atom. The monoisotopic (exact) mass is 416 g/mol. The summed E-state index contributed by atoms with van der Waals surface area (Å²) in [5.41, 5.74) is 1.33. The number of aromatic nitrogens is 3. The topological polar surface area (TPSA) is 76.9 Å². The van der Waals surface area contributed by atoms with Gasteiger partial charge in [0.1, 0.15) is 22.6 Å². The number of thiophene rings is 1. The fraction of sp³-hybridized carbons (Fsp3) is 0.111. The van der Waals surface area contributed by atoms with E-state index in [1.807, 2.05) is 24.4 Å². The first kappa shape index (κ1) is 17.8. The van der Waals surface area contributed by atoms with Gasteiger partial charge in [-0.05, 0) is 42.6 Å². The molecule has 136 valence electrons. The summed E-state index contributed by atoms with van der Waals surface area (Å²) >= 11 is 8.72. The number of carbonyl (C=O) groups excluding carboxylic acids is 1. The average molecular weight is 417 g/mol. The fourth-order valence-corrected chi connectivity index (χ4v) is 4.40. The highest BCUT2D eigenvalue weighted by Crippen LogP contribution is 2.31. The van der Waals surface area contributed by atoms with Gasteiger partial charge in [0.2, 0.25) is 5.91 Å². The molecule has 3 aromatic heterocycles. The highest BCUT2D eigenvalue weighted by Gasteiger charge is 2.18. The Bertz CT molecular complexity index is 1180. The number of nitrogens with zero attached hydrogens (tertiary/aromatic N) is 3. The molecule has 9 heteroatoms. The summed E-state index contributed by atoms with van der Waals surface area (Å²) in [7, 11) is 0. The van der Waals surface area contributed by atoms with E-state index >= 15 is 0 Å². The molecule has 27 heavy (non-hydrogen) atoms. The van der Waals surface area contributed by atoms with Crippen LogP contribution in [0.1, 0.15) is 5.01 Å². The SMILES string of the molecule is Cc1nc2c(-c3cccs3)nc(=O)n(CC(=O)Nc3ccc(Cl)cc3)c2s1. The zero-order valence-electron chi connectivity index (χ0n) is 14.1. The van der Waals surface area contributed by atoms with Crippen molar-refractivity contribution in [2.45, 2.75) is 13.5 Å². The van der Waals surface area contributed by atoms with Crippen molar-refractivity contribution in [2.24, 2.45) is 0 Å². The van der Waals surface area contributed by atoms with Gasteiger partial charge < -0.3 is 5.32 Å². The van der Waals surface area contributed by atoms with Crippen molar-refractivity contribution in [3.63, 3.8) is 0 Å². The van der Waals surface area contributed by atoms with Crippen molar-refractivity contribution >= 4 is 56.2 Å². The maximum absolute atomic E-state index is 12.6. The summed E-state index contributed by atoms with van der Waals surface area (Å²) in [5.74, 6) is -0.322. The van der Waals surface area contributed by atoms with E-state index < -0.39 is 5.69 Å². The zero-order chi connectivity index (χ0) is 19.0. The molecule has 0 aliphatic heterocycles. The first-order valence-corrected chi connectivity index (χ1v) is 10.1. The summed E-state index contributed by atoms with van der Waals surface area (Å²) in [6, 6.07) is 10.6. The minimum Gasteiger partial charge on any atom is -0.325 e. The van der Waals surface area contributed by atoms with Crippen molar-refractivity contribution in [1.82, 2.24) is 14.5 Å². The lowest BCUT2D eigenvalue weighted by molar-refractivity contribution is -0.116. The molecule has 0 unspecified atom stereocenters. The summed E-state index contributed by atoms with van der Waals surface area (Å²) < 4.78 is 1.36. The highest BCUT2D eigenvalue weighted by molar-refractivity contribution is 7.18. The van der Waals surface area contributed by atoms with Crippen LogP contribution >= 0.6 is 34.3 Å². The van der Waals surface area contributed by atoms with Crippen LogP contribution in [0.5, 0.6) is 0 Å². The molecule has 0 saturated heterocycles. The van der Waals surface area contributed by atoms with Gasteiger partial charge in [0.05, 0.1) is 9.88 Å². The summed E-state index contributed by atoms with van der Waals surface area (Å²) in [6.07, 6.45) is 0. The largest absolute Gasteiger partial charge is 0.349 e. The number of aryl methyl sites for hydroxylation is 1. The maximum atomic E-state index is 12.6. The maximum Gasteiger partial charge on any atom is 0.349 e. The van der Waals surface area contributed by atoms with Crippen LogP contribution in [-0.4, -0.2) is 20.4 Å². The normalized spacial score (nSPS) is 11.0. The minimum absolute atomic E-state index is 0.142. The van der Waals surface area contributed by atoms with E-state index in [-0.39, 0.29) is 12.5 Å². The van der Waals surface area contributed by atoms with Crippen LogP contribution < -0.4 is 11.0 Å². The number of rotatable bonds is 4. The molecule has 0 fully saturated rings. The Labute approximate surface area is 167 Å². The van der Waals surface area contributed by atoms with Crippen LogP contribution in [0.3, 0.4) is 0 Å². The van der Waals surface area contributed by atoms with Crippen LogP contribution in [0.15, 0.2) is 46.6 Å². The molecule has 6 nitrogen and oxygen atoms in total. The molecule has 0 aliphatic rings. The second kappa shape index (κ2) is 7.22. The standard InChI is InChI=1S/C18H13ClN4O2S2/c1-10-20-16-15(13-3-2-8-26-13)22-18(25)23(17(16)27-10)9-14(24)21-12-6-4-11(19)5-7-12/h2-8H,9H2,1H3,(H,21,24). The predicted octanol–water partition coefficient (Wildman–Crippen LogP) is 4.18. The van der Waals surface area contributed by atoms with Gasteiger partial charge in [0.15, 0.2) is 0 Å². The van der Waals surface area contributed by atoms with Crippen LogP contribution in [-0.2, 0) is 11.3 Å². The highest BCUT2D eigenvalue weighted by atomic mass is 35.5. The third kappa shape index (κ3) is 3.64. The van der Waals surface area contributed by atoms with E-state index in [1.54, 1.807) is 24.3 Å². The number of benzene rings is 1. The third-order valence-corrected chi connectivity index (χ3v) is 5.93. The van der Waals surface area contributed by atoms with Gasteiger partial charge in [0.25, 0.3) is 0 Å². The van der Waals surface area contributed by atoms with Crippen molar-refractivity contribution < 1.29 is 4.79 Å². The van der Waals surface area contributed by atoms with Crippen LogP contribution in [0.2, 0.25) is 5.02 Å². The van der Waals surface area contributed by atoms with E-state index in [0.29, 0.717) is 26.8 Å². The van der Waals surface area contributed by atoms with E-state index in [0.717, 1.165) is 9.88 Å². The molecule has 4 rings (SSSR count). The van der Waals surface area contributed by atoms with Gasteiger partial charge >= 0.3 is 5.69 Å². The number of halogens is 1. The first-order chi connectivity index (χ1) is 13.0. The molecule has 4 aromatic rings. The molecule has 0 saturated carbocycles. The lowest BCUT2D eigenvalue weighted by Crippen LogP contribution is -2.29. The Morgan fingerprint density at radius 2 is 2.00 bits per heavy atom. The Hall–Kier alpha value is -2.55. The molecule has 0 bridgehead atoms. The number of thiazole rings is 1. The molecular formula is C18H13ClN4O2S2. The molecule has 3 heterocycles. The first-order valence-electron chi connectivity index (χ1n) is 7.98. The van der Waals surface area contributed by atoms with Gasteiger partial charge in [0, 0.05) is 10.7 Å². The van der Waals surface area contributed by atoms with Crippen LogP contribution in [0.25, 0.3) is 20.9 Å². The number of carbonyl (C=O) groups is 1. The van der Waals surface area contributed by atoms with Gasteiger partial charge in [-0.2, -0.15) is 4.98 Å². The smallest absolute Gasteiger partial charge is 0.325 e. The van der Waals surface area contributed by atoms with E-state index in [2.05, 4.69) is 15.3 Å². The Morgan fingerprint density at radius 3 is 2.70 bits per heavy atom. The Balaban J connectivity index is 1.71. The molecular weight excluding hydrogens is 404 g/mol. The second-order valence-electron chi connectivity index (χ2n) is 5.75. The molecule has 1 N–H and O–H groups in total. The number of nitrogens with one attached hydrogen (secondary N) is 1. The lowest BCUT2D eigenvalue weighted by atomic mass is 10.3. The summed E-state index contributed by atoms with van der Waals surface area (Å²) in [6.45, 7) is 1.72. The Kier molecular flexibility index (Phi) is 4.77. The quantitative estimate of drug-likeness (QED) is 0.541. The lowest BCUT2D eigenvalue weighted by Gasteiger charge is -2.09.